The summed E-state index contributed by atoms with van der Waals surface area (Å²) in [6, 6.07) is 9.57. The van der Waals surface area contributed by atoms with Crippen molar-refractivity contribution in [2.24, 2.45) is 7.05 Å². The number of ether oxygens (including phenoxy) is 2. The molecule has 28 heavy (non-hydrogen) atoms. The van der Waals surface area contributed by atoms with Crippen LogP contribution in [0.15, 0.2) is 48.9 Å². The van der Waals surface area contributed by atoms with Crippen LogP contribution >= 0.6 is 0 Å². The van der Waals surface area contributed by atoms with Crippen LogP contribution in [0, 0.1) is 0 Å². The molecular formula is C21H25N5O2. The molecule has 0 amide bonds. The number of rotatable bonds is 6. The first-order chi connectivity index (χ1) is 13.7. The molecule has 0 radical (unpaired) electrons. The van der Waals surface area contributed by atoms with Crippen LogP contribution in [0.2, 0.25) is 0 Å². The number of aryl methyl sites for hydroxylation is 1. The van der Waals surface area contributed by atoms with Crippen LogP contribution in [-0.4, -0.2) is 44.8 Å². The van der Waals surface area contributed by atoms with Crippen LogP contribution in [0.1, 0.15) is 30.1 Å². The zero-order valence-corrected chi connectivity index (χ0v) is 16.3. The van der Waals surface area contributed by atoms with E-state index < -0.39 is 0 Å². The first kappa shape index (κ1) is 18.4. The van der Waals surface area contributed by atoms with Crippen LogP contribution in [-0.2, 0) is 13.6 Å². The van der Waals surface area contributed by atoms with Gasteiger partial charge in [-0.3, -0.25) is 14.6 Å². The summed E-state index contributed by atoms with van der Waals surface area (Å²) >= 11 is 0. The molecule has 4 rings (SSSR count). The van der Waals surface area contributed by atoms with E-state index in [2.05, 4.69) is 21.0 Å². The Labute approximate surface area is 164 Å². The SMILES string of the molecule is COc1cccc(Oc2cncc(C3CCCN(Cc4ccnn4C)C3)n2)c1. The predicted molar refractivity (Wildman–Crippen MR) is 106 cm³/mol. The second-order valence-electron chi connectivity index (χ2n) is 7.08. The molecule has 146 valence electrons. The molecule has 1 unspecified atom stereocenters. The molecule has 1 fully saturated rings. The topological polar surface area (TPSA) is 65.3 Å². The predicted octanol–water partition coefficient (Wildman–Crippen LogP) is 3.39. The van der Waals surface area contributed by atoms with E-state index in [0.717, 1.165) is 43.9 Å². The van der Waals surface area contributed by atoms with Gasteiger partial charge in [-0.25, -0.2) is 4.98 Å². The van der Waals surface area contributed by atoms with Gasteiger partial charge in [0.2, 0.25) is 5.88 Å². The lowest BCUT2D eigenvalue weighted by Crippen LogP contribution is -2.34. The third kappa shape index (κ3) is 4.31. The normalized spacial score (nSPS) is 17.4. The number of hydrogen-bond acceptors (Lipinski definition) is 6. The number of aromatic nitrogens is 4. The standard InChI is InChI=1S/C21H25N5O2/c1-25-17(8-9-23-25)15-26-10-4-5-16(14-26)20-12-22-13-21(24-20)28-19-7-3-6-18(11-19)27-2/h3,6-9,11-13,16H,4-5,10,14-15H2,1-2H3. The van der Waals surface area contributed by atoms with E-state index in [1.807, 2.05) is 48.4 Å². The smallest absolute Gasteiger partial charge is 0.238 e. The molecule has 0 aliphatic carbocycles. The summed E-state index contributed by atoms with van der Waals surface area (Å²) in [5, 5.41) is 4.27. The van der Waals surface area contributed by atoms with Crippen molar-refractivity contribution in [1.82, 2.24) is 24.6 Å². The van der Waals surface area contributed by atoms with Crippen molar-refractivity contribution in [3.8, 4) is 17.4 Å². The second-order valence-corrected chi connectivity index (χ2v) is 7.08. The monoisotopic (exact) mass is 379 g/mol. The molecule has 1 atom stereocenters. The first-order valence-corrected chi connectivity index (χ1v) is 9.54. The van der Waals surface area contributed by atoms with Crippen LogP contribution in [0.4, 0.5) is 0 Å². The molecule has 1 aromatic carbocycles. The second kappa shape index (κ2) is 8.39. The van der Waals surface area contributed by atoms with Gasteiger partial charge in [-0.15, -0.1) is 0 Å². The molecule has 7 nitrogen and oxygen atoms in total. The lowest BCUT2D eigenvalue weighted by Gasteiger charge is -2.32. The highest BCUT2D eigenvalue weighted by Crippen LogP contribution is 2.29. The zero-order valence-electron chi connectivity index (χ0n) is 16.3. The van der Waals surface area contributed by atoms with Crippen LogP contribution < -0.4 is 9.47 Å². The van der Waals surface area contributed by atoms with Crippen molar-refractivity contribution in [1.29, 1.82) is 0 Å². The van der Waals surface area contributed by atoms with Gasteiger partial charge in [-0.05, 0) is 37.6 Å². The Balaban J connectivity index is 1.45. The van der Waals surface area contributed by atoms with Crippen molar-refractivity contribution in [2.45, 2.75) is 25.3 Å². The maximum absolute atomic E-state index is 5.90. The lowest BCUT2D eigenvalue weighted by molar-refractivity contribution is 0.193. The minimum Gasteiger partial charge on any atom is -0.497 e. The average Bonchev–Trinajstić information content (AvgIpc) is 3.13. The molecule has 7 heteroatoms. The summed E-state index contributed by atoms with van der Waals surface area (Å²) in [5.74, 6) is 2.30. The molecule has 0 spiro atoms. The Morgan fingerprint density at radius 3 is 2.89 bits per heavy atom. The Morgan fingerprint density at radius 2 is 2.07 bits per heavy atom. The molecule has 0 bridgehead atoms. The van der Waals surface area contributed by atoms with E-state index in [4.69, 9.17) is 14.5 Å². The minimum absolute atomic E-state index is 0.350. The molecule has 0 saturated carbocycles. The molecule has 3 aromatic rings. The fraction of sp³-hybridized carbons (Fsp3) is 0.381. The summed E-state index contributed by atoms with van der Waals surface area (Å²) in [6.45, 7) is 2.96. The first-order valence-electron chi connectivity index (χ1n) is 9.54. The quantitative estimate of drug-likeness (QED) is 0.654. The molecular weight excluding hydrogens is 354 g/mol. The molecule has 1 aliphatic heterocycles. The van der Waals surface area contributed by atoms with Gasteiger partial charge in [0, 0.05) is 44.5 Å². The van der Waals surface area contributed by atoms with E-state index in [1.165, 1.54) is 5.69 Å². The summed E-state index contributed by atoms with van der Waals surface area (Å²) in [6.07, 6.45) is 7.61. The minimum atomic E-state index is 0.350. The summed E-state index contributed by atoms with van der Waals surface area (Å²) in [5.41, 5.74) is 2.21. The highest BCUT2D eigenvalue weighted by atomic mass is 16.5. The van der Waals surface area contributed by atoms with Crippen LogP contribution in [0.3, 0.4) is 0 Å². The maximum Gasteiger partial charge on any atom is 0.238 e. The number of likely N-dealkylation sites (tertiary alicyclic amines) is 1. The third-order valence-corrected chi connectivity index (χ3v) is 5.13. The fourth-order valence-electron chi connectivity index (χ4n) is 3.62. The fourth-order valence-corrected chi connectivity index (χ4v) is 3.62. The van der Waals surface area contributed by atoms with E-state index in [0.29, 0.717) is 17.5 Å². The van der Waals surface area contributed by atoms with Crippen molar-refractivity contribution in [3.63, 3.8) is 0 Å². The van der Waals surface area contributed by atoms with Gasteiger partial charge in [-0.2, -0.15) is 5.10 Å². The summed E-state index contributed by atoms with van der Waals surface area (Å²) in [4.78, 5) is 11.5. The molecule has 2 aromatic heterocycles. The molecule has 1 saturated heterocycles. The largest absolute Gasteiger partial charge is 0.497 e. The summed E-state index contributed by atoms with van der Waals surface area (Å²) in [7, 11) is 3.63. The number of methoxy groups -OCH3 is 1. The van der Waals surface area contributed by atoms with Crippen molar-refractivity contribution < 1.29 is 9.47 Å². The van der Waals surface area contributed by atoms with Gasteiger partial charge in [-0.1, -0.05) is 6.07 Å². The zero-order chi connectivity index (χ0) is 19.3. The third-order valence-electron chi connectivity index (χ3n) is 5.13. The highest BCUT2D eigenvalue weighted by Gasteiger charge is 2.23. The van der Waals surface area contributed by atoms with E-state index in [9.17, 15) is 0 Å². The molecule has 1 aliphatic rings. The maximum atomic E-state index is 5.90. The number of piperidine rings is 1. The van der Waals surface area contributed by atoms with Crippen LogP contribution in [0.25, 0.3) is 0 Å². The average molecular weight is 379 g/mol. The number of nitrogens with zero attached hydrogens (tertiary/aromatic N) is 5. The van der Waals surface area contributed by atoms with Gasteiger partial charge in [0.1, 0.15) is 11.5 Å². The Morgan fingerprint density at radius 1 is 1.18 bits per heavy atom. The number of hydrogen-bond donors (Lipinski definition) is 0. The van der Waals surface area contributed by atoms with E-state index in [1.54, 1.807) is 13.3 Å². The Kier molecular flexibility index (Phi) is 5.53. The van der Waals surface area contributed by atoms with Gasteiger partial charge in [0.25, 0.3) is 0 Å². The Bertz CT molecular complexity index is 926. The van der Waals surface area contributed by atoms with Gasteiger partial charge in [0.05, 0.1) is 24.7 Å². The van der Waals surface area contributed by atoms with Gasteiger partial charge < -0.3 is 9.47 Å². The molecule has 0 N–H and O–H groups in total. The van der Waals surface area contributed by atoms with E-state index >= 15 is 0 Å². The van der Waals surface area contributed by atoms with Crippen molar-refractivity contribution in [2.75, 3.05) is 20.2 Å². The van der Waals surface area contributed by atoms with Crippen molar-refractivity contribution in [3.05, 3.63) is 60.3 Å². The molecule has 3 heterocycles. The van der Waals surface area contributed by atoms with Gasteiger partial charge >= 0.3 is 0 Å². The van der Waals surface area contributed by atoms with Gasteiger partial charge in [0.15, 0.2) is 0 Å². The Hall–Kier alpha value is -2.93. The van der Waals surface area contributed by atoms with E-state index in [-0.39, 0.29) is 0 Å². The van der Waals surface area contributed by atoms with Crippen molar-refractivity contribution >= 4 is 0 Å². The van der Waals surface area contributed by atoms with Crippen LogP contribution in [0.5, 0.6) is 17.4 Å². The summed E-state index contributed by atoms with van der Waals surface area (Å²) < 4.78 is 13.1. The highest BCUT2D eigenvalue weighted by molar-refractivity contribution is 5.35. The number of benzene rings is 1. The lowest BCUT2D eigenvalue weighted by atomic mass is 9.95.